The highest BCUT2D eigenvalue weighted by molar-refractivity contribution is 8.15. The first-order valence-corrected chi connectivity index (χ1v) is 7.53. The molecule has 3 rings (SSSR count). The molecule has 0 amide bonds. The fraction of sp³-hybridized carbons (Fsp3) is 0.500. The molecule has 2 aliphatic rings. The highest BCUT2D eigenvalue weighted by Crippen LogP contribution is 2.71. The topological polar surface area (TPSA) is 64.4 Å². The van der Waals surface area contributed by atoms with Gasteiger partial charge < -0.3 is 11.5 Å². The van der Waals surface area contributed by atoms with E-state index in [2.05, 4.69) is 4.99 Å². The second-order valence-corrected chi connectivity index (χ2v) is 7.31. The maximum Gasteiger partial charge on any atom is 0.254 e. The molecule has 0 aromatic heterocycles. The van der Waals surface area contributed by atoms with E-state index in [4.69, 9.17) is 11.5 Å². The number of nitrogens with two attached hydrogens (primary N) is 2. The first-order valence-electron chi connectivity index (χ1n) is 6.72. The number of halogens is 4. The lowest BCUT2D eigenvalue weighted by atomic mass is 9.84. The summed E-state index contributed by atoms with van der Waals surface area (Å²) in [6.07, 6.45) is -2.64. The minimum absolute atomic E-state index is 0.0121. The average molecular weight is 333 g/mol. The van der Waals surface area contributed by atoms with E-state index in [1.807, 2.05) is 0 Å². The van der Waals surface area contributed by atoms with Crippen molar-refractivity contribution in [3.63, 3.8) is 0 Å². The van der Waals surface area contributed by atoms with Crippen molar-refractivity contribution < 1.29 is 17.6 Å². The second-order valence-electron chi connectivity index (χ2n) is 5.98. The Kier molecular flexibility index (Phi) is 3.18. The Morgan fingerprint density at radius 1 is 1.27 bits per heavy atom. The standard InChI is InChI=1S/C14H15F4N3S/c1-5-10-13(2,7-3-6(19)4-8(15)9(7)16)21-12(20)22-14(5,10)11(17)18/h3-5,10-11H,19H2,1-2H3,(H2,20,21)/t5-,10-,13+,14-/m0/s1. The van der Waals surface area contributed by atoms with Gasteiger partial charge in [0.15, 0.2) is 16.8 Å². The lowest BCUT2D eigenvalue weighted by molar-refractivity contribution is 0.121. The molecule has 22 heavy (non-hydrogen) atoms. The van der Waals surface area contributed by atoms with E-state index in [-0.39, 0.29) is 16.4 Å². The first kappa shape index (κ1) is 15.5. The lowest BCUT2D eigenvalue weighted by Gasteiger charge is -2.34. The highest BCUT2D eigenvalue weighted by atomic mass is 32.2. The summed E-state index contributed by atoms with van der Waals surface area (Å²) < 4.78 is 53.6. The van der Waals surface area contributed by atoms with E-state index in [0.717, 1.165) is 17.8 Å². The molecule has 0 radical (unpaired) electrons. The van der Waals surface area contributed by atoms with Crippen LogP contribution in [-0.4, -0.2) is 16.3 Å². The number of benzene rings is 1. The highest BCUT2D eigenvalue weighted by Gasteiger charge is 2.76. The van der Waals surface area contributed by atoms with Crippen molar-refractivity contribution in [3.05, 3.63) is 29.3 Å². The number of fused-ring (bicyclic) bond motifs is 1. The molecule has 1 heterocycles. The van der Waals surface area contributed by atoms with E-state index >= 15 is 0 Å². The van der Waals surface area contributed by atoms with Gasteiger partial charge in [-0.1, -0.05) is 18.7 Å². The van der Waals surface area contributed by atoms with Crippen LogP contribution >= 0.6 is 11.8 Å². The Morgan fingerprint density at radius 2 is 1.91 bits per heavy atom. The van der Waals surface area contributed by atoms with Gasteiger partial charge in [-0.05, 0) is 25.0 Å². The molecule has 0 bridgehead atoms. The van der Waals surface area contributed by atoms with Crippen LogP contribution in [0.2, 0.25) is 0 Å². The summed E-state index contributed by atoms with van der Waals surface area (Å²) in [7, 11) is 0. The SMILES string of the molecule is C[C@H]1[C@@H]2[C@@]1(C(F)F)SC(N)=N[C@]2(C)c1cc(N)cc(F)c1F. The number of thioether (sulfide) groups is 1. The number of nitrogens with zero attached hydrogens (tertiary/aromatic N) is 1. The van der Waals surface area contributed by atoms with Gasteiger partial charge in [0.25, 0.3) is 6.43 Å². The van der Waals surface area contributed by atoms with Crippen molar-refractivity contribution in [3.8, 4) is 0 Å². The van der Waals surface area contributed by atoms with Gasteiger partial charge in [-0.3, -0.25) is 4.99 Å². The number of alkyl halides is 2. The molecule has 1 fully saturated rings. The molecule has 8 heteroatoms. The normalized spacial score (nSPS) is 37.0. The molecule has 120 valence electrons. The zero-order valence-electron chi connectivity index (χ0n) is 11.9. The van der Waals surface area contributed by atoms with Crippen LogP contribution in [0.25, 0.3) is 0 Å². The van der Waals surface area contributed by atoms with E-state index in [9.17, 15) is 17.6 Å². The Morgan fingerprint density at radius 3 is 2.50 bits per heavy atom. The predicted molar refractivity (Wildman–Crippen MR) is 78.7 cm³/mol. The maximum absolute atomic E-state index is 14.2. The molecule has 4 atom stereocenters. The molecule has 1 aliphatic carbocycles. The van der Waals surface area contributed by atoms with Gasteiger partial charge in [0, 0.05) is 17.2 Å². The van der Waals surface area contributed by atoms with Crippen LogP contribution in [-0.2, 0) is 5.54 Å². The van der Waals surface area contributed by atoms with Crippen LogP contribution in [0.3, 0.4) is 0 Å². The van der Waals surface area contributed by atoms with Crippen molar-refractivity contribution in [2.45, 2.75) is 30.6 Å². The van der Waals surface area contributed by atoms with Crippen LogP contribution in [0.4, 0.5) is 23.2 Å². The van der Waals surface area contributed by atoms with Gasteiger partial charge in [0.2, 0.25) is 0 Å². The zero-order valence-corrected chi connectivity index (χ0v) is 12.7. The summed E-state index contributed by atoms with van der Waals surface area (Å²) >= 11 is 0.820. The smallest absolute Gasteiger partial charge is 0.254 e. The number of hydrogen-bond donors (Lipinski definition) is 2. The number of hydrogen-bond acceptors (Lipinski definition) is 4. The first-order chi connectivity index (χ1) is 10.1. The summed E-state index contributed by atoms with van der Waals surface area (Å²) in [5.41, 5.74) is 9.79. The van der Waals surface area contributed by atoms with Crippen LogP contribution in [0, 0.1) is 23.5 Å². The predicted octanol–water partition coefficient (Wildman–Crippen LogP) is 3.09. The molecular weight excluding hydrogens is 318 g/mol. The third kappa shape index (κ3) is 1.79. The van der Waals surface area contributed by atoms with Crippen molar-refractivity contribution in [1.29, 1.82) is 0 Å². The van der Waals surface area contributed by atoms with Crippen LogP contribution in [0.15, 0.2) is 17.1 Å². The van der Waals surface area contributed by atoms with E-state index in [1.165, 1.54) is 13.0 Å². The Labute approximate surface area is 129 Å². The monoisotopic (exact) mass is 333 g/mol. The summed E-state index contributed by atoms with van der Waals surface area (Å²) in [5.74, 6) is -3.33. The molecule has 1 saturated carbocycles. The number of amidine groups is 1. The number of aliphatic imine (C=N–C) groups is 1. The molecule has 0 unspecified atom stereocenters. The quantitative estimate of drug-likeness (QED) is 0.646. The summed E-state index contributed by atoms with van der Waals surface area (Å²) in [6.45, 7) is 3.15. The summed E-state index contributed by atoms with van der Waals surface area (Å²) in [4.78, 5) is 4.19. The number of rotatable bonds is 2. The second kappa shape index (κ2) is 4.53. The summed E-state index contributed by atoms with van der Waals surface area (Å²) in [5, 5.41) is -0.0503. The van der Waals surface area contributed by atoms with E-state index < -0.39 is 40.2 Å². The van der Waals surface area contributed by atoms with Crippen molar-refractivity contribution in [1.82, 2.24) is 0 Å². The van der Waals surface area contributed by atoms with Gasteiger partial charge in [-0.25, -0.2) is 17.6 Å². The Balaban J connectivity index is 2.20. The fourth-order valence-electron chi connectivity index (χ4n) is 3.73. The number of nitrogen functional groups attached to an aromatic ring is 1. The van der Waals surface area contributed by atoms with Gasteiger partial charge in [-0.15, -0.1) is 0 Å². The molecular formula is C14H15F4N3S. The zero-order chi connectivity index (χ0) is 16.4. The van der Waals surface area contributed by atoms with Gasteiger partial charge in [0.1, 0.15) is 0 Å². The largest absolute Gasteiger partial charge is 0.399 e. The Bertz CT molecular complexity index is 680. The molecule has 0 saturated heterocycles. The molecule has 3 nitrogen and oxygen atoms in total. The van der Waals surface area contributed by atoms with Gasteiger partial charge in [0.05, 0.1) is 10.3 Å². The molecule has 4 N–H and O–H groups in total. The van der Waals surface area contributed by atoms with Gasteiger partial charge >= 0.3 is 0 Å². The molecule has 0 spiro atoms. The van der Waals surface area contributed by atoms with Crippen LogP contribution in [0.5, 0.6) is 0 Å². The third-order valence-corrected chi connectivity index (χ3v) is 6.21. The maximum atomic E-state index is 14.2. The lowest BCUT2D eigenvalue weighted by Crippen LogP contribution is -2.39. The Hall–Kier alpha value is -1.44. The third-order valence-electron chi connectivity index (χ3n) is 4.75. The minimum Gasteiger partial charge on any atom is -0.399 e. The summed E-state index contributed by atoms with van der Waals surface area (Å²) in [6, 6.07) is 2.09. The van der Waals surface area contributed by atoms with E-state index in [1.54, 1.807) is 6.92 Å². The average Bonchev–Trinajstić information content (AvgIpc) is 3.01. The van der Waals surface area contributed by atoms with Crippen molar-refractivity contribution >= 4 is 22.6 Å². The molecule has 1 aliphatic heterocycles. The van der Waals surface area contributed by atoms with Crippen molar-refractivity contribution in [2.75, 3.05) is 5.73 Å². The molecule has 1 aromatic rings. The minimum atomic E-state index is -2.64. The number of anilines is 1. The van der Waals surface area contributed by atoms with Gasteiger partial charge in [-0.2, -0.15) is 0 Å². The fourth-order valence-corrected chi connectivity index (χ4v) is 5.23. The van der Waals surface area contributed by atoms with Crippen LogP contribution < -0.4 is 11.5 Å². The molecule has 1 aromatic carbocycles. The van der Waals surface area contributed by atoms with Crippen molar-refractivity contribution in [2.24, 2.45) is 22.6 Å². The van der Waals surface area contributed by atoms with Crippen LogP contribution in [0.1, 0.15) is 19.4 Å². The van der Waals surface area contributed by atoms with E-state index in [0.29, 0.717) is 0 Å².